The number of hydrogen-bond donors (Lipinski definition) is 1. The molecule has 0 amide bonds. The lowest BCUT2D eigenvalue weighted by atomic mass is 9.96. The second kappa shape index (κ2) is 7.85. The maximum Gasteiger partial charge on any atom is 0.155 e. The Bertz CT molecular complexity index is 1490. The van der Waals surface area contributed by atoms with Gasteiger partial charge in [0.1, 0.15) is 17.9 Å². The van der Waals surface area contributed by atoms with Crippen molar-refractivity contribution in [2.45, 2.75) is 6.54 Å². The van der Waals surface area contributed by atoms with Crippen LogP contribution in [-0.2, 0) is 6.54 Å². The number of hydrogen-bond acceptors (Lipinski definition) is 7. The van der Waals surface area contributed by atoms with Gasteiger partial charge in [0, 0.05) is 29.7 Å². The molecule has 1 aromatic carbocycles. The minimum atomic E-state index is -0.446. The summed E-state index contributed by atoms with van der Waals surface area (Å²) in [5.74, 6) is -0.286. The predicted octanol–water partition coefficient (Wildman–Crippen LogP) is 3.59. The molecule has 0 spiro atoms. The second-order valence-electron chi connectivity index (χ2n) is 6.97. The van der Waals surface area contributed by atoms with Gasteiger partial charge in [0.15, 0.2) is 11.3 Å². The van der Waals surface area contributed by atoms with Crippen molar-refractivity contribution in [1.29, 1.82) is 5.26 Å². The average Bonchev–Trinajstić information content (AvgIpc) is 3.25. The Labute approximate surface area is 181 Å². The van der Waals surface area contributed by atoms with Crippen LogP contribution in [0.3, 0.4) is 0 Å². The van der Waals surface area contributed by atoms with Gasteiger partial charge in [-0.15, -0.1) is 5.10 Å². The van der Waals surface area contributed by atoms with Crippen LogP contribution in [0.1, 0.15) is 11.3 Å². The Morgan fingerprint density at radius 3 is 2.53 bits per heavy atom. The van der Waals surface area contributed by atoms with Crippen LogP contribution in [-0.4, -0.2) is 29.9 Å². The summed E-state index contributed by atoms with van der Waals surface area (Å²) in [7, 11) is 0. The zero-order chi connectivity index (χ0) is 22.1. The molecule has 4 heterocycles. The Kier molecular flexibility index (Phi) is 4.72. The highest BCUT2D eigenvalue weighted by molar-refractivity contribution is 6.03. The topological polar surface area (TPSA) is 119 Å². The van der Waals surface area contributed by atoms with Crippen molar-refractivity contribution in [3.63, 3.8) is 0 Å². The van der Waals surface area contributed by atoms with E-state index in [1.807, 2.05) is 24.3 Å². The summed E-state index contributed by atoms with van der Waals surface area (Å²) >= 11 is 0. The van der Waals surface area contributed by atoms with Gasteiger partial charge in [-0.05, 0) is 35.9 Å². The van der Waals surface area contributed by atoms with Crippen LogP contribution in [0, 0.1) is 17.1 Å². The third-order valence-corrected chi connectivity index (χ3v) is 5.00. The van der Waals surface area contributed by atoms with Gasteiger partial charge in [-0.1, -0.05) is 18.2 Å². The summed E-state index contributed by atoms with van der Waals surface area (Å²) in [5, 5.41) is 18.7. The molecule has 4 aromatic heterocycles. The number of rotatable bonds is 4. The SMILES string of the molecule is N#Cc1ccccc1-c1nc(N)c2nn(Cc3ncccc3F)nc2c1-c1ccncc1. The van der Waals surface area contributed by atoms with Crippen molar-refractivity contribution in [3.05, 3.63) is 84.2 Å². The van der Waals surface area contributed by atoms with Gasteiger partial charge in [0.25, 0.3) is 0 Å². The Morgan fingerprint density at radius 1 is 0.969 bits per heavy atom. The third kappa shape index (κ3) is 3.30. The van der Waals surface area contributed by atoms with Crippen LogP contribution in [0.5, 0.6) is 0 Å². The maximum atomic E-state index is 14.1. The van der Waals surface area contributed by atoms with Crippen LogP contribution in [0.2, 0.25) is 0 Å². The number of anilines is 1. The fraction of sp³-hybridized carbons (Fsp3) is 0.0435. The monoisotopic (exact) mass is 422 g/mol. The van der Waals surface area contributed by atoms with E-state index in [0.29, 0.717) is 33.4 Å². The van der Waals surface area contributed by atoms with Gasteiger partial charge in [-0.2, -0.15) is 15.2 Å². The minimum absolute atomic E-state index is 0.0285. The number of aromatic nitrogens is 6. The lowest BCUT2D eigenvalue weighted by Crippen LogP contribution is -2.07. The first kappa shape index (κ1) is 19.3. The molecule has 8 nitrogen and oxygen atoms in total. The number of nitrogens with two attached hydrogens (primary N) is 1. The third-order valence-electron chi connectivity index (χ3n) is 5.00. The van der Waals surface area contributed by atoms with Crippen molar-refractivity contribution in [2.75, 3.05) is 5.73 Å². The van der Waals surface area contributed by atoms with E-state index >= 15 is 0 Å². The van der Waals surface area contributed by atoms with Crippen molar-refractivity contribution in [3.8, 4) is 28.5 Å². The van der Waals surface area contributed by atoms with Crippen LogP contribution >= 0.6 is 0 Å². The van der Waals surface area contributed by atoms with E-state index in [-0.39, 0.29) is 18.1 Å². The molecule has 0 unspecified atom stereocenters. The molecule has 9 heteroatoms. The number of pyridine rings is 3. The molecule has 0 radical (unpaired) electrons. The molecule has 2 N–H and O–H groups in total. The Morgan fingerprint density at radius 2 is 1.75 bits per heavy atom. The number of nitrogen functional groups attached to an aromatic ring is 1. The summed E-state index contributed by atoms with van der Waals surface area (Å²) in [6, 6.07) is 15.8. The molecular formula is C23H15FN8. The largest absolute Gasteiger partial charge is 0.382 e. The van der Waals surface area contributed by atoms with Crippen molar-refractivity contribution < 1.29 is 4.39 Å². The van der Waals surface area contributed by atoms with E-state index < -0.39 is 5.82 Å². The first-order valence-electron chi connectivity index (χ1n) is 9.69. The second-order valence-corrected chi connectivity index (χ2v) is 6.97. The van der Waals surface area contributed by atoms with E-state index in [1.165, 1.54) is 23.1 Å². The summed E-state index contributed by atoms with van der Waals surface area (Å²) < 4.78 is 14.1. The fourth-order valence-electron chi connectivity index (χ4n) is 3.54. The molecule has 154 valence electrons. The molecule has 5 aromatic rings. The van der Waals surface area contributed by atoms with Gasteiger partial charge < -0.3 is 5.73 Å². The predicted molar refractivity (Wildman–Crippen MR) is 116 cm³/mol. The van der Waals surface area contributed by atoms with Gasteiger partial charge in [0.2, 0.25) is 0 Å². The molecule has 0 fully saturated rings. The highest BCUT2D eigenvalue weighted by Crippen LogP contribution is 2.38. The fourth-order valence-corrected chi connectivity index (χ4v) is 3.54. The summed E-state index contributed by atoms with van der Waals surface area (Å²) in [5.41, 5.74) is 10.4. The highest BCUT2D eigenvalue weighted by atomic mass is 19.1. The van der Waals surface area contributed by atoms with Gasteiger partial charge in [-0.3, -0.25) is 9.97 Å². The molecule has 0 saturated heterocycles. The molecule has 0 aliphatic heterocycles. The van der Waals surface area contributed by atoms with Crippen LogP contribution in [0.15, 0.2) is 67.1 Å². The maximum absolute atomic E-state index is 14.1. The molecule has 32 heavy (non-hydrogen) atoms. The molecule has 5 rings (SSSR count). The van der Waals surface area contributed by atoms with E-state index in [1.54, 1.807) is 24.5 Å². The molecule has 0 atom stereocenters. The van der Waals surface area contributed by atoms with Crippen LogP contribution in [0.4, 0.5) is 10.2 Å². The standard InChI is InChI=1S/C23H15FN8/c24-17-6-3-9-28-18(17)13-32-30-21-19(14-7-10-27-11-8-14)20(29-23(26)22(21)31-32)16-5-2-1-4-15(16)12-25/h1-11H,13H2,(H2,26,29). The lowest BCUT2D eigenvalue weighted by molar-refractivity contribution is 0.540. The van der Waals surface area contributed by atoms with E-state index in [4.69, 9.17) is 5.73 Å². The number of nitrogens with zero attached hydrogens (tertiary/aromatic N) is 7. The summed E-state index contributed by atoms with van der Waals surface area (Å²) in [6.07, 6.45) is 4.83. The van der Waals surface area contributed by atoms with Crippen molar-refractivity contribution in [2.24, 2.45) is 0 Å². The van der Waals surface area contributed by atoms with E-state index in [9.17, 15) is 9.65 Å². The van der Waals surface area contributed by atoms with Gasteiger partial charge in [-0.25, -0.2) is 9.37 Å². The number of halogens is 1. The van der Waals surface area contributed by atoms with Gasteiger partial charge >= 0.3 is 0 Å². The molecule has 0 saturated carbocycles. The minimum Gasteiger partial charge on any atom is -0.382 e. The smallest absolute Gasteiger partial charge is 0.155 e. The first-order valence-corrected chi connectivity index (χ1v) is 9.69. The zero-order valence-electron chi connectivity index (χ0n) is 16.6. The quantitative estimate of drug-likeness (QED) is 0.470. The van der Waals surface area contributed by atoms with Crippen molar-refractivity contribution in [1.82, 2.24) is 29.9 Å². The highest BCUT2D eigenvalue weighted by Gasteiger charge is 2.22. The lowest BCUT2D eigenvalue weighted by Gasteiger charge is -2.12. The van der Waals surface area contributed by atoms with E-state index in [0.717, 1.165) is 5.56 Å². The molecule has 0 aliphatic rings. The molecule has 0 aliphatic carbocycles. The van der Waals surface area contributed by atoms with E-state index in [2.05, 4.69) is 31.2 Å². The normalized spacial score (nSPS) is 10.9. The zero-order valence-corrected chi connectivity index (χ0v) is 16.6. The molecular weight excluding hydrogens is 407 g/mol. The number of benzene rings is 1. The van der Waals surface area contributed by atoms with Crippen LogP contribution in [0.25, 0.3) is 33.4 Å². The number of nitriles is 1. The molecule has 0 bridgehead atoms. The first-order chi connectivity index (χ1) is 15.7. The Balaban J connectivity index is 1.78. The van der Waals surface area contributed by atoms with Crippen LogP contribution < -0.4 is 5.73 Å². The number of fused-ring (bicyclic) bond motifs is 1. The summed E-state index contributed by atoms with van der Waals surface area (Å²) in [6.45, 7) is 0.0285. The van der Waals surface area contributed by atoms with Crippen molar-refractivity contribution >= 4 is 16.9 Å². The Hall–Kier alpha value is -4.71. The summed E-state index contributed by atoms with van der Waals surface area (Å²) in [4.78, 5) is 14.1. The van der Waals surface area contributed by atoms with Gasteiger partial charge in [0.05, 0.1) is 23.0 Å². The average molecular weight is 422 g/mol.